The molecule has 0 heterocycles. The topological polar surface area (TPSA) is 111 Å². The van der Waals surface area contributed by atoms with E-state index in [-0.39, 0.29) is 12.3 Å². The van der Waals surface area contributed by atoms with Crippen molar-refractivity contribution in [1.82, 2.24) is 5.32 Å². The number of carbonyl (C=O) groups is 3. The van der Waals surface area contributed by atoms with Gasteiger partial charge in [-0.2, -0.15) is 0 Å². The lowest BCUT2D eigenvalue weighted by molar-refractivity contribution is -0.128. The zero-order chi connectivity index (χ0) is 24.3. The Balaban J connectivity index is 2.30. The van der Waals surface area contributed by atoms with Crippen molar-refractivity contribution in [2.45, 2.75) is 103 Å². The lowest BCUT2D eigenvalue weighted by Gasteiger charge is -2.17. The first-order valence-electron chi connectivity index (χ1n) is 12.4. The van der Waals surface area contributed by atoms with Gasteiger partial charge in [-0.15, -0.1) is 0 Å². The maximum Gasteiger partial charge on any atom is 0.247 e. The van der Waals surface area contributed by atoms with Crippen molar-refractivity contribution in [3.63, 3.8) is 0 Å². The fraction of sp³-hybridized carbons (Fsp3) is 0.654. The van der Waals surface area contributed by atoms with E-state index < -0.39 is 17.9 Å². The average molecular weight is 462 g/mol. The first-order valence-corrected chi connectivity index (χ1v) is 12.4. The molecule has 1 aromatic carbocycles. The first kappa shape index (κ1) is 28.6. The monoisotopic (exact) mass is 461 g/mol. The van der Waals surface area contributed by atoms with E-state index in [4.69, 9.17) is 10.5 Å². The quantitative estimate of drug-likeness (QED) is 0.256. The number of primary amides is 1. The van der Waals surface area contributed by atoms with E-state index in [1.165, 1.54) is 51.4 Å². The van der Waals surface area contributed by atoms with Crippen LogP contribution in [0.2, 0.25) is 0 Å². The smallest absolute Gasteiger partial charge is 0.247 e. The van der Waals surface area contributed by atoms with E-state index >= 15 is 0 Å². The van der Waals surface area contributed by atoms with Gasteiger partial charge in [0.2, 0.25) is 17.7 Å². The molecular weight excluding hydrogens is 418 g/mol. The van der Waals surface area contributed by atoms with Crippen LogP contribution in [0.15, 0.2) is 24.3 Å². The molecule has 1 aromatic rings. The van der Waals surface area contributed by atoms with Gasteiger partial charge in [-0.3, -0.25) is 14.4 Å². The average Bonchev–Trinajstić information content (AvgIpc) is 2.78. The third-order valence-corrected chi connectivity index (χ3v) is 5.60. The molecular formula is C26H43N3O4. The molecule has 0 aliphatic rings. The van der Waals surface area contributed by atoms with Gasteiger partial charge in [0, 0.05) is 19.2 Å². The van der Waals surface area contributed by atoms with Crippen molar-refractivity contribution < 1.29 is 19.1 Å². The van der Waals surface area contributed by atoms with Crippen LogP contribution in [0.3, 0.4) is 0 Å². The number of hydrogen-bond donors (Lipinski definition) is 3. The Morgan fingerprint density at radius 2 is 1.42 bits per heavy atom. The van der Waals surface area contributed by atoms with E-state index in [1.54, 1.807) is 19.2 Å². The van der Waals surface area contributed by atoms with Crippen molar-refractivity contribution in [3.8, 4) is 0 Å². The van der Waals surface area contributed by atoms with E-state index in [0.717, 1.165) is 24.8 Å². The minimum absolute atomic E-state index is 0.234. The molecule has 3 amide bonds. The standard InChI is InChI=1S/C26H43N3O4/c1-3-4-5-6-7-8-9-10-11-12-13-14-25(31)29-23(19-24(27)30)26(32)28-22-17-15-21(16-18-22)20-33-2/h15-18,23H,3-14,19-20H2,1-2H3,(H2,27,30)(H,28,32)(H,29,31). The highest BCUT2D eigenvalue weighted by Crippen LogP contribution is 2.13. The Kier molecular flexibility index (Phi) is 15.7. The molecule has 0 aliphatic heterocycles. The molecule has 0 saturated heterocycles. The summed E-state index contributed by atoms with van der Waals surface area (Å²) in [6.45, 7) is 2.71. The summed E-state index contributed by atoms with van der Waals surface area (Å²) in [6, 6.07) is 6.20. The van der Waals surface area contributed by atoms with Gasteiger partial charge in [0.15, 0.2) is 0 Å². The van der Waals surface area contributed by atoms with Crippen LogP contribution in [0.25, 0.3) is 0 Å². The number of amides is 3. The van der Waals surface area contributed by atoms with Crippen LogP contribution < -0.4 is 16.4 Å². The van der Waals surface area contributed by atoms with Gasteiger partial charge < -0.3 is 21.1 Å². The van der Waals surface area contributed by atoms with Crippen LogP contribution in [-0.2, 0) is 25.7 Å². The second-order valence-electron chi connectivity index (χ2n) is 8.70. The molecule has 7 nitrogen and oxygen atoms in total. The maximum atomic E-state index is 12.6. The van der Waals surface area contributed by atoms with Gasteiger partial charge in [0.1, 0.15) is 6.04 Å². The number of nitrogens with two attached hydrogens (primary N) is 1. The van der Waals surface area contributed by atoms with Crippen LogP contribution in [0, 0.1) is 0 Å². The zero-order valence-electron chi connectivity index (χ0n) is 20.5. The van der Waals surface area contributed by atoms with Crippen molar-refractivity contribution in [2.24, 2.45) is 5.73 Å². The summed E-state index contributed by atoms with van der Waals surface area (Å²) >= 11 is 0. The summed E-state index contributed by atoms with van der Waals surface area (Å²) in [5.74, 6) is -1.33. The molecule has 7 heteroatoms. The van der Waals surface area contributed by atoms with Gasteiger partial charge in [-0.05, 0) is 24.1 Å². The molecule has 0 fully saturated rings. The fourth-order valence-electron chi connectivity index (χ4n) is 3.71. The highest BCUT2D eigenvalue weighted by molar-refractivity contribution is 5.99. The SMILES string of the molecule is CCCCCCCCCCCCCC(=O)NC(CC(N)=O)C(=O)Nc1ccc(COC)cc1. The molecule has 1 atom stereocenters. The van der Waals surface area contributed by atoms with E-state index in [1.807, 2.05) is 12.1 Å². The summed E-state index contributed by atoms with van der Waals surface area (Å²) in [7, 11) is 1.61. The molecule has 0 aliphatic carbocycles. The van der Waals surface area contributed by atoms with Crippen molar-refractivity contribution in [3.05, 3.63) is 29.8 Å². The summed E-state index contributed by atoms with van der Waals surface area (Å²) in [5.41, 5.74) is 6.84. The Bertz CT molecular complexity index is 691. The number of ether oxygens (including phenoxy) is 1. The number of anilines is 1. The van der Waals surface area contributed by atoms with Gasteiger partial charge >= 0.3 is 0 Å². The second kappa shape index (κ2) is 18.1. The molecule has 1 unspecified atom stereocenters. The summed E-state index contributed by atoms with van der Waals surface area (Å²) in [5, 5.41) is 5.40. The lowest BCUT2D eigenvalue weighted by atomic mass is 10.0. The third kappa shape index (κ3) is 14.4. The number of unbranched alkanes of at least 4 members (excludes halogenated alkanes) is 10. The molecule has 33 heavy (non-hydrogen) atoms. The maximum absolute atomic E-state index is 12.6. The molecule has 0 spiro atoms. The van der Waals surface area contributed by atoms with E-state index in [0.29, 0.717) is 18.7 Å². The number of rotatable bonds is 19. The van der Waals surface area contributed by atoms with Crippen LogP contribution in [0.1, 0.15) is 96.0 Å². The van der Waals surface area contributed by atoms with Crippen LogP contribution in [0.4, 0.5) is 5.69 Å². The molecule has 0 radical (unpaired) electrons. The predicted molar refractivity (Wildman–Crippen MR) is 133 cm³/mol. The van der Waals surface area contributed by atoms with Crippen molar-refractivity contribution >= 4 is 23.4 Å². The van der Waals surface area contributed by atoms with Gasteiger partial charge in [-0.25, -0.2) is 0 Å². The van der Waals surface area contributed by atoms with Crippen LogP contribution in [0.5, 0.6) is 0 Å². The highest BCUT2D eigenvalue weighted by atomic mass is 16.5. The first-order chi connectivity index (χ1) is 16.0. The number of nitrogens with one attached hydrogen (secondary N) is 2. The summed E-state index contributed by atoms with van der Waals surface area (Å²) in [6.07, 6.45) is 13.4. The number of carbonyl (C=O) groups excluding carboxylic acids is 3. The number of methoxy groups -OCH3 is 1. The molecule has 0 saturated carbocycles. The predicted octanol–water partition coefficient (Wildman–Crippen LogP) is 4.83. The zero-order valence-corrected chi connectivity index (χ0v) is 20.5. The van der Waals surface area contributed by atoms with Crippen molar-refractivity contribution in [1.29, 1.82) is 0 Å². The summed E-state index contributed by atoms with van der Waals surface area (Å²) < 4.78 is 5.07. The Hall–Kier alpha value is -2.41. The van der Waals surface area contributed by atoms with Crippen LogP contribution in [-0.4, -0.2) is 30.9 Å². The summed E-state index contributed by atoms with van der Waals surface area (Å²) in [4.78, 5) is 36.3. The second-order valence-corrected chi connectivity index (χ2v) is 8.70. The lowest BCUT2D eigenvalue weighted by Crippen LogP contribution is -2.46. The van der Waals surface area contributed by atoms with Gasteiger partial charge in [-0.1, -0.05) is 83.3 Å². The molecule has 4 N–H and O–H groups in total. The van der Waals surface area contributed by atoms with E-state index in [9.17, 15) is 14.4 Å². The Morgan fingerprint density at radius 1 is 0.879 bits per heavy atom. The Labute approximate surface area is 199 Å². The highest BCUT2D eigenvalue weighted by Gasteiger charge is 2.23. The molecule has 186 valence electrons. The molecule has 0 bridgehead atoms. The van der Waals surface area contributed by atoms with E-state index in [2.05, 4.69) is 17.6 Å². The minimum Gasteiger partial charge on any atom is -0.380 e. The minimum atomic E-state index is -0.985. The number of hydrogen-bond acceptors (Lipinski definition) is 4. The van der Waals surface area contributed by atoms with Crippen LogP contribution >= 0.6 is 0 Å². The number of benzene rings is 1. The largest absolute Gasteiger partial charge is 0.380 e. The molecule has 0 aromatic heterocycles. The Morgan fingerprint density at radius 3 is 1.94 bits per heavy atom. The van der Waals surface area contributed by atoms with Gasteiger partial charge in [0.25, 0.3) is 0 Å². The van der Waals surface area contributed by atoms with Crippen molar-refractivity contribution in [2.75, 3.05) is 12.4 Å². The fourth-order valence-corrected chi connectivity index (χ4v) is 3.71. The normalized spacial score (nSPS) is 11.7. The molecule has 1 rings (SSSR count). The van der Waals surface area contributed by atoms with Gasteiger partial charge in [0.05, 0.1) is 13.0 Å². The third-order valence-electron chi connectivity index (χ3n) is 5.60.